The molecule has 1 aliphatic rings. The lowest BCUT2D eigenvalue weighted by Gasteiger charge is -2.30. The van der Waals surface area contributed by atoms with Gasteiger partial charge in [-0.05, 0) is 42.8 Å². The van der Waals surface area contributed by atoms with Gasteiger partial charge in [0, 0.05) is 18.7 Å². The smallest absolute Gasteiger partial charge is 0.328 e. The van der Waals surface area contributed by atoms with Gasteiger partial charge in [-0.15, -0.1) is 0 Å². The largest absolute Gasteiger partial charge is 0.497 e. The van der Waals surface area contributed by atoms with E-state index in [-0.39, 0.29) is 6.10 Å². The van der Waals surface area contributed by atoms with Crippen molar-refractivity contribution in [3.8, 4) is 5.75 Å². The van der Waals surface area contributed by atoms with Crippen LogP contribution < -0.4 is 4.74 Å². The maximum Gasteiger partial charge on any atom is 0.328 e. The molecule has 1 unspecified atom stereocenters. The Morgan fingerprint density at radius 3 is 2.35 bits per heavy atom. The molecule has 144 valence electrons. The zero-order valence-electron chi connectivity index (χ0n) is 15.5. The predicted molar refractivity (Wildman–Crippen MR) is 97.6 cm³/mol. The quantitative estimate of drug-likeness (QED) is 0.716. The van der Waals surface area contributed by atoms with E-state index in [4.69, 9.17) is 19.7 Å². The number of carboxylic acid groups (broad SMARTS) is 2. The van der Waals surface area contributed by atoms with Gasteiger partial charge >= 0.3 is 11.9 Å². The lowest BCUT2D eigenvalue weighted by atomic mass is 9.97. The van der Waals surface area contributed by atoms with Crippen LogP contribution in [0.1, 0.15) is 31.1 Å². The number of carbonyl (C=O) groups is 2. The Hall–Kier alpha value is -2.38. The van der Waals surface area contributed by atoms with E-state index in [0.717, 1.165) is 38.4 Å². The van der Waals surface area contributed by atoms with Crippen LogP contribution in [0.4, 0.5) is 0 Å². The fourth-order valence-corrected chi connectivity index (χ4v) is 2.65. The Morgan fingerprint density at radius 2 is 1.85 bits per heavy atom. The summed E-state index contributed by atoms with van der Waals surface area (Å²) in [7, 11) is 1.72. The first kappa shape index (κ1) is 21.7. The molecule has 2 rings (SSSR count). The minimum Gasteiger partial charge on any atom is -0.497 e. The van der Waals surface area contributed by atoms with E-state index in [1.807, 2.05) is 6.07 Å². The number of likely N-dealkylation sites (N-methyl/N-ethyl adjacent to an activating group) is 1. The third kappa shape index (κ3) is 7.25. The normalized spacial score (nSPS) is 15.9. The summed E-state index contributed by atoms with van der Waals surface area (Å²) in [5.41, 5.74) is 2.70. The molecule has 0 radical (unpaired) electrons. The van der Waals surface area contributed by atoms with Crippen LogP contribution >= 0.6 is 0 Å². The van der Waals surface area contributed by atoms with Gasteiger partial charge in [-0.25, -0.2) is 9.59 Å². The molecule has 1 aromatic rings. The number of ether oxygens (including phenoxy) is 2. The van der Waals surface area contributed by atoms with Crippen LogP contribution in [0, 0.1) is 0 Å². The molecule has 0 amide bonds. The Labute approximate surface area is 153 Å². The second-order valence-corrected chi connectivity index (χ2v) is 5.67. The molecule has 1 atom stereocenters. The molecule has 2 N–H and O–H groups in total. The SMILES string of the molecule is CCN(CC)CC1OCCc2cc(OC)ccc21.O=C(O)C=CC(=O)O. The van der Waals surface area contributed by atoms with Gasteiger partial charge in [-0.1, -0.05) is 19.9 Å². The number of rotatable bonds is 7. The highest BCUT2D eigenvalue weighted by Crippen LogP contribution is 2.30. The van der Waals surface area contributed by atoms with Crippen LogP contribution in [0.2, 0.25) is 0 Å². The number of benzene rings is 1. The second kappa shape index (κ2) is 11.3. The number of fused-ring (bicyclic) bond motifs is 1. The molecule has 7 heteroatoms. The molecule has 0 saturated carbocycles. The first-order chi connectivity index (χ1) is 12.4. The van der Waals surface area contributed by atoms with Gasteiger partial charge in [0.25, 0.3) is 0 Å². The minimum absolute atomic E-state index is 0.208. The van der Waals surface area contributed by atoms with E-state index >= 15 is 0 Å². The maximum atomic E-state index is 9.55. The number of hydrogen-bond donors (Lipinski definition) is 2. The van der Waals surface area contributed by atoms with Crippen LogP contribution in [0.3, 0.4) is 0 Å². The standard InChI is InChI=1S/C15H23NO2.C4H4O4/c1-4-16(5-2)11-15-14-7-6-13(17-3)10-12(14)8-9-18-15;5-3(6)1-2-4(7)8/h6-7,10,15H,4-5,8-9,11H2,1-3H3;1-2H,(H,5,6)(H,7,8). The zero-order chi connectivity index (χ0) is 19.5. The third-order valence-electron chi connectivity index (χ3n) is 4.07. The minimum atomic E-state index is -1.26. The van der Waals surface area contributed by atoms with Gasteiger partial charge in [-0.2, -0.15) is 0 Å². The fraction of sp³-hybridized carbons (Fsp3) is 0.474. The maximum absolute atomic E-state index is 9.55. The van der Waals surface area contributed by atoms with Gasteiger partial charge < -0.3 is 24.6 Å². The number of hydrogen-bond acceptors (Lipinski definition) is 5. The van der Waals surface area contributed by atoms with Crippen LogP contribution in [-0.4, -0.2) is 60.4 Å². The first-order valence-corrected chi connectivity index (χ1v) is 8.55. The highest BCUT2D eigenvalue weighted by atomic mass is 16.5. The lowest BCUT2D eigenvalue weighted by Crippen LogP contribution is -2.31. The number of carboxylic acids is 2. The van der Waals surface area contributed by atoms with Crippen molar-refractivity contribution in [2.24, 2.45) is 0 Å². The summed E-state index contributed by atoms with van der Waals surface area (Å²) in [5.74, 6) is -1.57. The van der Waals surface area contributed by atoms with Crippen LogP contribution in [-0.2, 0) is 20.7 Å². The number of nitrogens with zero attached hydrogens (tertiary/aromatic N) is 1. The molecule has 0 spiro atoms. The summed E-state index contributed by atoms with van der Waals surface area (Å²) in [6, 6.07) is 6.33. The van der Waals surface area contributed by atoms with Gasteiger partial charge in [0.05, 0.1) is 19.8 Å². The average Bonchev–Trinajstić information content (AvgIpc) is 2.64. The van der Waals surface area contributed by atoms with Gasteiger partial charge in [-0.3, -0.25) is 0 Å². The summed E-state index contributed by atoms with van der Waals surface area (Å²) in [4.78, 5) is 21.5. The predicted octanol–water partition coefficient (Wildman–Crippen LogP) is 2.36. The van der Waals surface area contributed by atoms with Gasteiger partial charge in [0.2, 0.25) is 0 Å². The Morgan fingerprint density at radius 1 is 1.23 bits per heavy atom. The summed E-state index contributed by atoms with van der Waals surface area (Å²) in [6.45, 7) is 8.32. The topological polar surface area (TPSA) is 96.3 Å². The molecule has 0 saturated heterocycles. The molecular weight excluding hydrogens is 338 g/mol. The van der Waals surface area contributed by atoms with Crippen molar-refractivity contribution >= 4 is 11.9 Å². The first-order valence-electron chi connectivity index (χ1n) is 8.55. The molecule has 1 heterocycles. The zero-order valence-corrected chi connectivity index (χ0v) is 15.5. The number of methoxy groups -OCH3 is 1. The molecule has 0 aromatic heterocycles. The second-order valence-electron chi connectivity index (χ2n) is 5.67. The fourth-order valence-electron chi connectivity index (χ4n) is 2.65. The van der Waals surface area contributed by atoms with Crippen molar-refractivity contribution in [1.82, 2.24) is 4.90 Å². The van der Waals surface area contributed by atoms with E-state index < -0.39 is 11.9 Å². The van der Waals surface area contributed by atoms with Crippen molar-refractivity contribution in [2.45, 2.75) is 26.4 Å². The monoisotopic (exact) mass is 365 g/mol. The molecule has 1 aliphatic heterocycles. The molecule has 0 aliphatic carbocycles. The molecule has 7 nitrogen and oxygen atoms in total. The molecule has 26 heavy (non-hydrogen) atoms. The van der Waals surface area contributed by atoms with E-state index in [1.165, 1.54) is 11.1 Å². The molecular formula is C19H27NO6. The van der Waals surface area contributed by atoms with Crippen molar-refractivity contribution < 1.29 is 29.3 Å². The highest BCUT2D eigenvalue weighted by Gasteiger charge is 2.22. The summed E-state index contributed by atoms with van der Waals surface area (Å²) < 4.78 is 11.2. The van der Waals surface area contributed by atoms with E-state index in [9.17, 15) is 9.59 Å². The van der Waals surface area contributed by atoms with Gasteiger partial charge in [0.1, 0.15) is 5.75 Å². The Balaban J connectivity index is 0.000000359. The summed E-state index contributed by atoms with van der Waals surface area (Å²) >= 11 is 0. The van der Waals surface area contributed by atoms with Crippen LogP contribution in [0.15, 0.2) is 30.4 Å². The molecule has 1 aromatic carbocycles. The van der Waals surface area contributed by atoms with E-state index in [1.54, 1.807) is 7.11 Å². The third-order valence-corrected chi connectivity index (χ3v) is 4.07. The lowest BCUT2D eigenvalue weighted by molar-refractivity contribution is -0.134. The molecule has 0 fully saturated rings. The summed E-state index contributed by atoms with van der Waals surface area (Å²) in [5, 5.41) is 15.6. The van der Waals surface area contributed by atoms with Crippen molar-refractivity contribution in [3.05, 3.63) is 41.5 Å². The number of aliphatic carboxylic acids is 2. The van der Waals surface area contributed by atoms with Crippen molar-refractivity contribution in [2.75, 3.05) is 33.4 Å². The van der Waals surface area contributed by atoms with E-state index in [0.29, 0.717) is 12.2 Å². The summed E-state index contributed by atoms with van der Waals surface area (Å²) in [6.07, 6.45) is 2.31. The van der Waals surface area contributed by atoms with Crippen molar-refractivity contribution in [3.63, 3.8) is 0 Å². The Bertz CT molecular complexity index is 608. The van der Waals surface area contributed by atoms with Crippen molar-refractivity contribution in [1.29, 1.82) is 0 Å². The van der Waals surface area contributed by atoms with Crippen LogP contribution in [0.5, 0.6) is 5.75 Å². The average molecular weight is 365 g/mol. The highest BCUT2D eigenvalue weighted by molar-refractivity contribution is 5.89. The van der Waals surface area contributed by atoms with Gasteiger partial charge in [0.15, 0.2) is 0 Å². The van der Waals surface area contributed by atoms with Crippen LogP contribution in [0.25, 0.3) is 0 Å². The van der Waals surface area contributed by atoms with E-state index in [2.05, 4.69) is 30.9 Å². The Kier molecular flexibility index (Phi) is 9.40. The molecule has 0 bridgehead atoms.